The van der Waals surface area contributed by atoms with Crippen LogP contribution in [0.2, 0.25) is 5.02 Å². The topological polar surface area (TPSA) is 59.5 Å². The van der Waals surface area contributed by atoms with Crippen molar-refractivity contribution in [3.63, 3.8) is 0 Å². The lowest BCUT2D eigenvalue weighted by Gasteiger charge is -2.32. The van der Waals surface area contributed by atoms with Crippen molar-refractivity contribution >= 4 is 46.0 Å². The van der Waals surface area contributed by atoms with E-state index in [-0.39, 0.29) is 5.91 Å². The molecule has 0 N–H and O–H groups in total. The molecule has 1 unspecified atom stereocenters. The normalized spacial score (nSPS) is 18.0. The number of hydrogen-bond donors (Lipinski definition) is 0. The van der Waals surface area contributed by atoms with Gasteiger partial charge in [0.2, 0.25) is 0 Å². The first-order valence-electron chi connectivity index (χ1n) is 12.3. The molecule has 1 aromatic heterocycles. The summed E-state index contributed by atoms with van der Waals surface area (Å²) in [5.74, 6) is 0.0419. The second kappa shape index (κ2) is 9.82. The number of pyridine rings is 1. The molecule has 0 saturated carbocycles. The lowest BCUT2D eigenvalue weighted by molar-refractivity contribution is -0.141. The Bertz CT molecular complexity index is 1310. The minimum Gasteiger partial charge on any atom is -0.449 e. The van der Waals surface area contributed by atoms with Gasteiger partial charge in [-0.25, -0.2) is 9.78 Å². The Hall–Kier alpha value is -3.18. The Labute approximate surface area is 210 Å². The number of carbonyl (C=O) groups excluding carboxylic acids is 2. The van der Waals surface area contributed by atoms with Gasteiger partial charge >= 0.3 is 5.97 Å². The number of nitrogens with zero attached hydrogens (tertiary/aromatic N) is 2. The number of fused-ring (bicyclic) bond motifs is 2. The van der Waals surface area contributed by atoms with E-state index in [1.807, 2.05) is 53.4 Å². The summed E-state index contributed by atoms with van der Waals surface area (Å²) in [5.41, 5.74) is 5.10. The maximum absolute atomic E-state index is 13.5. The van der Waals surface area contributed by atoms with Crippen LogP contribution in [0.3, 0.4) is 0 Å². The van der Waals surface area contributed by atoms with Gasteiger partial charge in [-0.1, -0.05) is 48.9 Å². The molecule has 1 aliphatic carbocycles. The van der Waals surface area contributed by atoms with Crippen molar-refractivity contribution in [3.8, 4) is 0 Å². The second-order valence-corrected chi connectivity index (χ2v) is 10.0. The number of allylic oxidation sites excluding steroid dienone is 1. The van der Waals surface area contributed by atoms with E-state index < -0.39 is 12.1 Å². The quantitative estimate of drug-likeness (QED) is 0.411. The van der Waals surface area contributed by atoms with Gasteiger partial charge in [0.15, 0.2) is 6.10 Å². The zero-order chi connectivity index (χ0) is 24.5. The molecule has 1 atom stereocenters. The summed E-state index contributed by atoms with van der Waals surface area (Å²) in [6.45, 7) is 5.31. The number of piperidine rings is 1. The summed E-state index contributed by atoms with van der Waals surface area (Å²) in [6, 6.07) is 15.3. The molecular formula is C29H29ClN2O3. The molecule has 180 valence electrons. The van der Waals surface area contributed by atoms with Gasteiger partial charge in [-0.15, -0.1) is 0 Å². The van der Waals surface area contributed by atoms with Crippen LogP contribution in [0.4, 0.5) is 0 Å². The van der Waals surface area contributed by atoms with E-state index in [2.05, 4.69) is 13.0 Å². The van der Waals surface area contributed by atoms with E-state index in [1.54, 1.807) is 6.92 Å². The Morgan fingerprint density at radius 3 is 2.54 bits per heavy atom. The summed E-state index contributed by atoms with van der Waals surface area (Å²) in [5, 5.41) is 1.45. The minimum atomic E-state index is -0.830. The second-order valence-electron chi connectivity index (χ2n) is 9.61. The van der Waals surface area contributed by atoms with Crippen LogP contribution in [-0.4, -0.2) is 41.0 Å². The molecule has 1 aliphatic heterocycles. The van der Waals surface area contributed by atoms with Crippen LogP contribution >= 0.6 is 11.6 Å². The van der Waals surface area contributed by atoms with Crippen molar-refractivity contribution in [3.05, 3.63) is 75.9 Å². The van der Waals surface area contributed by atoms with E-state index in [0.717, 1.165) is 52.6 Å². The fraction of sp³-hybridized carbons (Fsp3) is 0.345. The van der Waals surface area contributed by atoms with E-state index in [0.29, 0.717) is 36.0 Å². The van der Waals surface area contributed by atoms with Crippen LogP contribution in [0.1, 0.15) is 60.3 Å². The van der Waals surface area contributed by atoms with Gasteiger partial charge in [-0.3, -0.25) is 4.79 Å². The fourth-order valence-electron chi connectivity index (χ4n) is 5.03. The number of rotatable bonds is 4. The lowest BCUT2D eigenvalue weighted by Crippen LogP contribution is -2.44. The third kappa shape index (κ3) is 4.83. The number of likely N-dealkylation sites (tertiary alicyclic amines) is 1. The van der Waals surface area contributed by atoms with Gasteiger partial charge in [0, 0.05) is 23.5 Å². The van der Waals surface area contributed by atoms with Crippen molar-refractivity contribution in [2.75, 3.05) is 13.1 Å². The number of amides is 1. The molecule has 1 amide bonds. The highest BCUT2D eigenvalue weighted by molar-refractivity contribution is 6.30. The lowest BCUT2D eigenvalue weighted by atomic mass is 9.99. The average molecular weight is 489 g/mol. The number of para-hydroxylation sites is 1. The van der Waals surface area contributed by atoms with Crippen LogP contribution in [-0.2, 0) is 16.0 Å². The molecule has 0 bridgehead atoms. The molecule has 2 heterocycles. The van der Waals surface area contributed by atoms with Crippen LogP contribution in [0.25, 0.3) is 22.6 Å². The van der Waals surface area contributed by atoms with Gasteiger partial charge in [-0.05, 0) is 79.5 Å². The number of ether oxygens (including phenoxy) is 1. The fourth-order valence-corrected chi connectivity index (χ4v) is 5.15. The number of aromatic nitrogens is 1. The summed E-state index contributed by atoms with van der Waals surface area (Å²) >= 11 is 6.04. The molecule has 2 aliphatic rings. The largest absolute Gasteiger partial charge is 0.449 e. The average Bonchev–Trinajstić information content (AvgIpc) is 3.25. The zero-order valence-corrected chi connectivity index (χ0v) is 20.8. The first-order valence-corrected chi connectivity index (χ1v) is 12.7. The molecule has 0 spiro atoms. The Morgan fingerprint density at radius 1 is 1.09 bits per heavy atom. The first kappa shape index (κ1) is 23.6. The summed E-state index contributed by atoms with van der Waals surface area (Å²) < 4.78 is 5.79. The zero-order valence-electron chi connectivity index (χ0n) is 20.1. The van der Waals surface area contributed by atoms with E-state index in [1.165, 1.54) is 0 Å². The van der Waals surface area contributed by atoms with Crippen LogP contribution in [0, 0.1) is 5.92 Å². The van der Waals surface area contributed by atoms with Crippen molar-refractivity contribution in [1.29, 1.82) is 0 Å². The maximum Gasteiger partial charge on any atom is 0.339 e. The maximum atomic E-state index is 13.5. The molecule has 5 rings (SSSR count). The number of hydrogen-bond acceptors (Lipinski definition) is 4. The van der Waals surface area contributed by atoms with Gasteiger partial charge in [-0.2, -0.15) is 0 Å². The highest BCUT2D eigenvalue weighted by Crippen LogP contribution is 2.38. The van der Waals surface area contributed by atoms with Crippen molar-refractivity contribution in [2.24, 2.45) is 5.92 Å². The van der Waals surface area contributed by atoms with E-state index >= 15 is 0 Å². The van der Waals surface area contributed by atoms with Crippen LogP contribution in [0.15, 0.2) is 48.5 Å². The highest BCUT2D eigenvalue weighted by Gasteiger charge is 2.31. The molecule has 35 heavy (non-hydrogen) atoms. The molecule has 1 fully saturated rings. The van der Waals surface area contributed by atoms with Gasteiger partial charge in [0.1, 0.15) is 0 Å². The molecule has 5 nitrogen and oxygen atoms in total. The number of halogens is 1. The predicted molar refractivity (Wildman–Crippen MR) is 139 cm³/mol. The summed E-state index contributed by atoms with van der Waals surface area (Å²) in [4.78, 5) is 33.2. The number of esters is 1. The first-order chi connectivity index (χ1) is 16.9. The van der Waals surface area contributed by atoms with Gasteiger partial charge in [0.05, 0.1) is 16.8 Å². The molecular weight excluding hydrogens is 460 g/mol. The van der Waals surface area contributed by atoms with Crippen molar-refractivity contribution in [2.45, 2.75) is 45.6 Å². The van der Waals surface area contributed by atoms with Crippen LogP contribution in [0.5, 0.6) is 0 Å². The van der Waals surface area contributed by atoms with E-state index in [9.17, 15) is 9.59 Å². The van der Waals surface area contributed by atoms with Crippen molar-refractivity contribution in [1.82, 2.24) is 9.88 Å². The highest BCUT2D eigenvalue weighted by atomic mass is 35.5. The van der Waals surface area contributed by atoms with Gasteiger partial charge < -0.3 is 9.64 Å². The summed E-state index contributed by atoms with van der Waals surface area (Å²) in [7, 11) is 0. The predicted octanol–water partition coefficient (Wildman–Crippen LogP) is 6.18. The Kier molecular flexibility index (Phi) is 6.61. The van der Waals surface area contributed by atoms with Crippen LogP contribution < -0.4 is 0 Å². The SMILES string of the molecule is CC1CCN(C(=O)C(C)OC(=O)c2c3c(nc4ccccc24)C(=Cc2ccc(Cl)cc2)CC3)CC1. The smallest absolute Gasteiger partial charge is 0.339 e. The molecule has 3 aromatic rings. The van der Waals surface area contributed by atoms with Gasteiger partial charge in [0.25, 0.3) is 5.91 Å². The number of benzene rings is 2. The molecule has 2 aromatic carbocycles. The monoisotopic (exact) mass is 488 g/mol. The third-order valence-corrected chi connectivity index (χ3v) is 7.34. The number of carbonyl (C=O) groups is 2. The minimum absolute atomic E-state index is 0.122. The molecule has 6 heteroatoms. The summed E-state index contributed by atoms with van der Waals surface area (Å²) in [6.07, 6.45) is 4.72. The Balaban J connectivity index is 1.46. The Morgan fingerprint density at radius 2 is 1.80 bits per heavy atom. The molecule has 0 radical (unpaired) electrons. The van der Waals surface area contributed by atoms with Crippen molar-refractivity contribution < 1.29 is 14.3 Å². The van der Waals surface area contributed by atoms with E-state index in [4.69, 9.17) is 21.3 Å². The molecule has 1 saturated heterocycles. The third-order valence-electron chi connectivity index (χ3n) is 7.08. The standard InChI is InChI=1S/C29H29ClN2O3/c1-18-13-15-32(16-14-18)28(33)19(2)35-29(34)26-23-5-3-4-6-25(23)31-27-21(9-12-24(26)27)17-20-7-10-22(30)11-8-20/h3-8,10-11,17-19H,9,12-16H2,1-2H3.